The third-order valence-corrected chi connectivity index (χ3v) is 7.32. The van der Waals surface area contributed by atoms with Crippen LogP contribution in [-0.4, -0.2) is 66.0 Å². The molecule has 0 aliphatic rings. The number of hydroxylamine groups is 1. The van der Waals surface area contributed by atoms with Crippen LogP contribution in [0.2, 0.25) is 0 Å². The van der Waals surface area contributed by atoms with Crippen molar-refractivity contribution >= 4 is 58.6 Å². The van der Waals surface area contributed by atoms with Crippen LogP contribution >= 0.6 is 11.9 Å². The zero-order chi connectivity index (χ0) is 32.8. The molecule has 2 amide bonds. The number of nitrogens with one attached hydrogen (secondary N) is 4. The molecule has 1 heterocycles. The molecule has 45 heavy (non-hydrogen) atoms. The van der Waals surface area contributed by atoms with Gasteiger partial charge in [-0.15, -0.1) is 0 Å². The lowest BCUT2D eigenvalue weighted by molar-refractivity contribution is -0.129. The van der Waals surface area contributed by atoms with E-state index in [1.54, 1.807) is 37.5 Å². The average molecular weight is 640 g/mol. The molecule has 0 radical (unpaired) electrons. The SMILES string of the molecule is COc1cc(C(=O)NCCCCCCC(=O)NO)ccc1Nc1ncc(C(=O)OC(C)C)c(Nc2ccccc2N(C)SC)n1. The van der Waals surface area contributed by atoms with Crippen molar-refractivity contribution in [1.82, 2.24) is 20.8 Å². The van der Waals surface area contributed by atoms with Crippen molar-refractivity contribution < 1.29 is 29.1 Å². The van der Waals surface area contributed by atoms with E-state index in [1.165, 1.54) is 25.3 Å². The van der Waals surface area contributed by atoms with Gasteiger partial charge < -0.3 is 29.7 Å². The first kappa shape index (κ1) is 34.9. The number of anilines is 5. The Morgan fingerprint density at radius 1 is 1.02 bits per heavy atom. The minimum atomic E-state index is -0.559. The Morgan fingerprint density at radius 3 is 2.49 bits per heavy atom. The molecule has 0 aliphatic heterocycles. The molecule has 2 aromatic carbocycles. The number of aromatic nitrogens is 2. The number of unbranched alkanes of at least 4 members (excludes halogenated alkanes) is 3. The fourth-order valence-corrected chi connectivity index (χ4v) is 4.58. The van der Waals surface area contributed by atoms with Crippen LogP contribution in [0.4, 0.5) is 28.8 Å². The van der Waals surface area contributed by atoms with Crippen molar-refractivity contribution in [2.24, 2.45) is 0 Å². The summed E-state index contributed by atoms with van der Waals surface area (Å²) in [6.45, 7) is 4.02. The molecule has 0 saturated carbocycles. The molecule has 0 spiro atoms. The van der Waals surface area contributed by atoms with E-state index in [-0.39, 0.29) is 35.8 Å². The van der Waals surface area contributed by atoms with Crippen molar-refractivity contribution in [2.45, 2.75) is 52.1 Å². The first-order valence-electron chi connectivity index (χ1n) is 14.5. The van der Waals surface area contributed by atoms with Gasteiger partial charge in [0.05, 0.1) is 30.3 Å². The maximum atomic E-state index is 12.9. The normalized spacial score (nSPS) is 10.6. The molecule has 0 atom stereocenters. The zero-order valence-electron chi connectivity index (χ0n) is 26.2. The van der Waals surface area contributed by atoms with Gasteiger partial charge in [0, 0.05) is 38.0 Å². The summed E-state index contributed by atoms with van der Waals surface area (Å²) in [6.07, 6.45) is 6.39. The standard InChI is InChI=1S/C31H41N7O6S/c1-20(2)44-30(41)22-19-33-31(36-28(22)34-23-12-9-10-13-25(23)38(3)45-5)35-24-16-15-21(18-26(24)43-4)29(40)32-17-11-7-6-8-14-27(39)37-42/h9-10,12-13,15-16,18-20,42H,6-8,11,14,17H2,1-5H3,(H,32,40)(H,37,39)(H2,33,34,35,36). The van der Waals surface area contributed by atoms with E-state index in [9.17, 15) is 14.4 Å². The van der Waals surface area contributed by atoms with E-state index in [0.717, 1.165) is 30.6 Å². The summed E-state index contributed by atoms with van der Waals surface area (Å²) < 4.78 is 13.0. The van der Waals surface area contributed by atoms with Crippen molar-refractivity contribution in [3.63, 3.8) is 0 Å². The van der Waals surface area contributed by atoms with Gasteiger partial charge in [-0.1, -0.05) is 36.9 Å². The van der Waals surface area contributed by atoms with Gasteiger partial charge in [-0.25, -0.2) is 15.3 Å². The molecule has 14 heteroatoms. The highest BCUT2D eigenvalue weighted by Crippen LogP contribution is 2.33. The predicted octanol–water partition coefficient (Wildman–Crippen LogP) is 5.44. The number of esters is 1. The molecule has 0 saturated heterocycles. The third-order valence-electron chi connectivity index (χ3n) is 6.57. The van der Waals surface area contributed by atoms with Crippen molar-refractivity contribution in [3.05, 3.63) is 59.8 Å². The number of hydrogen-bond acceptors (Lipinski definition) is 12. The van der Waals surface area contributed by atoms with Crippen LogP contribution in [0.3, 0.4) is 0 Å². The highest BCUT2D eigenvalue weighted by atomic mass is 32.2. The number of ether oxygens (including phenoxy) is 2. The summed E-state index contributed by atoms with van der Waals surface area (Å²) in [5.41, 5.74) is 4.36. The lowest BCUT2D eigenvalue weighted by Gasteiger charge is -2.21. The van der Waals surface area contributed by atoms with Crippen molar-refractivity contribution in [3.8, 4) is 5.75 Å². The second kappa shape index (κ2) is 17.7. The number of para-hydroxylation sites is 2. The molecule has 0 bridgehead atoms. The Morgan fingerprint density at radius 2 is 1.78 bits per heavy atom. The number of amides is 2. The van der Waals surface area contributed by atoms with E-state index in [4.69, 9.17) is 14.7 Å². The first-order valence-corrected chi connectivity index (χ1v) is 15.7. The fourth-order valence-electron chi connectivity index (χ4n) is 4.22. The Balaban J connectivity index is 1.75. The Bertz CT molecular complexity index is 1460. The monoisotopic (exact) mass is 639 g/mol. The van der Waals surface area contributed by atoms with E-state index < -0.39 is 11.9 Å². The number of carbonyl (C=O) groups is 3. The van der Waals surface area contributed by atoms with Gasteiger partial charge >= 0.3 is 5.97 Å². The molecule has 242 valence electrons. The van der Waals surface area contributed by atoms with Crippen LogP contribution in [0.5, 0.6) is 5.75 Å². The van der Waals surface area contributed by atoms with Crippen LogP contribution in [-0.2, 0) is 9.53 Å². The largest absolute Gasteiger partial charge is 0.495 e. The highest BCUT2D eigenvalue weighted by molar-refractivity contribution is 7.99. The zero-order valence-corrected chi connectivity index (χ0v) is 27.0. The van der Waals surface area contributed by atoms with Gasteiger partial charge in [-0.3, -0.25) is 14.8 Å². The van der Waals surface area contributed by atoms with Gasteiger partial charge in [0.15, 0.2) is 5.82 Å². The molecule has 13 nitrogen and oxygen atoms in total. The van der Waals surface area contributed by atoms with Crippen molar-refractivity contribution in [1.29, 1.82) is 0 Å². The van der Waals surface area contributed by atoms with Crippen LogP contribution < -0.4 is 30.5 Å². The molecule has 3 rings (SSSR count). The molecular weight excluding hydrogens is 598 g/mol. The fraction of sp³-hybridized carbons (Fsp3) is 0.387. The van der Waals surface area contributed by atoms with Crippen LogP contribution in [0.1, 0.15) is 66.7 Å². The summed E-state index contributed by atoms with van der Waals surface area (Å²) >= 11 is 1.54. The lowest BCUT2D eigenvalue weighted by Crippen LogP contribution is -2.24. The molecule has 0 aliphatic carbocycles. The number of rotatable bonds is 17. The highest BCUT2D eigenvalue weighted by Gasteiger charge is 2.20. The number of carbonyl (C=O) groups excluding carboxylic acids is 3. The molecule has 1 aromatic heterocycles. The summed E-state index contributed by atoms with van der Waals surface area (Å²) in [4.78, 5) is 45.7. The van der Waals surface area contributed by atoms with E-state index in [2.05, 4.69) is 25.9 Å². The quantitative estimate of drug-likeness (QED) is 0.0418. The van der Waals surface area contributed by atoms with Gasteiger partial charge in [-0.05, 0) is 57.0 Å². The topological polar surface area (TPSA) is 167 Å². The lowest BCUT2D eigenvalue weighted by atomic mass is 10.1. The third kappa shape index (κ3) is 10.5. The van der Waals surface area contributed by atoms with E-state index >= 15 is 0 Å². The second-order valence-corrected chi connectivity index (χ2v) is 11.1. The molecule has 3 aromatic rings. The first-order chi connectivity index (χ1) is 21.7. The van der Waals surface area contributed by atoms with E-state index in [1.807, 2.05) is 41.9 Å². The van der Waals surface area contributed by atoms with E-state index in [0.29, 0.717) is 30.0 Å². The molecule has 5 N–H and O–H groups in total. The summed E-state index contributed by atoms with van der Waals surface area (Å²) in [5.74, 6) is -0.352. The predicted molar refractivity (Wildman–Crippen MR) is 176 cm³/mol. The minimum absolute atomic E-state index is 0.172. The van der Waals surface area contributed by atoms with Crippen molar-refractivity contribution in [2.75, 3.05) is 41.9 Å². The smallest absolute Gasteiger partial charge is 0.343 e. The van der Waals surface area contributed by atoms with Gasteiger partial charge in [0.1, 0.15) is 11.3 Å². The van der Waals surface area contributed by atoms with Crippen LogP contribution in [0, 0.1) is 0 Å². The van der Waals surface area contributed by atoms with Gasteiger partial charge in [0.25, 0.3) is 5.91 Å². The minimum Gasteiger partial charge on any atom is -0.495 e. The summed E-state index contributed by atoms with van der Waals surface area (Å²) in [7, 11) is 3.43. The number of benzene rings is 2. The maximum absolute atomic E-state index is 12.9. The Hall–Kier alpha value is -4.56. The Labute approximate surface area is 267 Å². The van der Waals surface area contributed by atoms with Crippen LogP contribution in [0.15, 0.2) is 48.7 Å². The van der Waals surface area contributed by atoms with Crippen LogP contribution in [0.25, 0.3) is 0 Å². The number of nitrogens with zero attached hydrogens (tertiary/aromatic N) is 3. The second-order valence-electron chi connectivity index (χ2n) is 10.2. The number of methoxy groups -OCH3 is 1. The summed E-state index contributed by atoms with van der Waals surface area (Å²) in [6, 6.07) is 12.6. The molecular formula is C31H41N7O6S. The van der Waals surface area contributed by atoms with Gasteiger partial charge in [0.2, 0.25) is 11.9 Å². The number of hydrogen-bond donors (Lipinski definition) is 5. The van der Waals surface area contributed by atoms with Gasteiger partial charge in [-0.2, -0.15) is 4.98 Å². The molecule has 0 fully saturated rings. The Kier molecular flexibility index (Phi) is 13.7. The molecule has 0 unspecified atom stereocenters. The summed E-state index contributed by atoms with van der Waals surface area (Å²) in [5, 5.41) is 17.8. The maximum Gasteiger partial charge on any atom is 0.343 e. The average Bonchev–Trinajstić information content (AvgIpc) is 3.03.